The van der Waals surface area contributed by atoms with Crippen molar-refractivity contribution in [2.24, 2.45) is 0 Å². The standard InChI is InChI=1S/C10H12F2N2/c1-2-6-5-13-9-3-7(11)8(12)4-10(9)14-6/h3-4,6,13-14H,2,5H2,1H3. The van der Waals surface area contributed by atoms with Crippen molar-refractivity contribution in [3.05, 3.63) is 23.8 Å². The molecule has 0 bridgehead atoms. The largest absolute Gasteiger partial charge is 0.381 e. The Morgan fingerprint density at radius 1 is 1.29 bits per heavy atom. The molecule has 76 valence electrons. The Bertz CT molecular complexity index is 352. The van der Waals surface area contributed by atoms with E-state index in [1.807, 2.05) is 6.92 Å². The van der Waals surface area contributed by atoms with Crippen molar-refractivity contribution < 1.29 is 8.78 Å². The first-order valence-electron chi connectivity index (χ1n) is 4.70. The summed E-state index contributed by atoms with van der Waals surface area (Å²) in [6, 6.07) is 2.66. The summed E-state index contributed by atoms with van der Waals surface area (Å²) in [6.07, 6.45) is 0.950. The molecule has 0 aliphatic carbocycles. The van der Waals surface area contributed by atoms with Crippen molar-refractivity contribution in [3.8, 4) is 0 Å². The first-order valence-corrected chi connectivity index (χ1v) is 4.70. The van der Waals surface area contributed by atoms with Crippen LogP contribution in [0.3, 0.4) is 0 Å². The van der Waals surface area contributed by atoms with Gasteiger partial charge >= 0.3 is 0 Å². The molecule has 2 nitrogen and oxygen atoms in total. The monoisotopic (exact) mass is 198 g/mol. The minimum atomic E-state index is -0.812. The van der Waals surface area contributed by atoms with Gasteiger partial charge < -0.3 is 10.6 Å². The maximum Gasteiger partial charge on any atom is 0.161 e. The Balaban J connectivity index is 2.33. The van der Waals surface area contributed by atoms with E-state index in [-0.39, 0.29) is 6.04 Å². The Morgan fingerprint density at radius 2 is 1.93 bits per heavy atom. The van der Waals surface area contributed by atoms with Gasteiger partial charge in [0.15, 0.2) is 11.6 Å². The highest BCUT2D eigenvalue weighted by Crippen LogP contribution is 2.28. The minimum Gasteiger partial charge on any atom is -0.381 e. The molecular weight excluding hydrogens is 186 g/mol. The third kappa shape index (κ3) is 1.52. The maximum absolute atomic E-state index is 12.9. The SMILES string of the molecule is CCC1CNc2cc(F)c(F)cc2N1. The van der Waals surface area contributed by atoms with E-state index in [0.29, 0.717) is 11.4 Å². The third-order valence-corrected chi connectivity index (χ3v) is 2.45. The van der Waals surface area contributed by atoms with Gasteiger partial charge in [0.05, 0.1) is 11.4 Å². The Labute approximate surface area is 81.3 Å². The summed E-state index contributed by atoms with van der Waals surface area (Å²) >= 11 is 0. The molecule has 1 atom stereocenters. The molecule has 0 amide bonds. The molecule has 2 N–H and O–H groups in total. The lowest BCUT2D eigenvalue weighted by molar-refractivity contribution is 0.508. The first kappa shape index (κ1) is 9.24. The van der Waals surface area contributed by atoms with Gasteiger partial charge in [-0.3, -0.25) is 0 Å². The van der Waals surface area contributed by atoms with Crippen LogP contribution in [0.2, 0.25) is 0 Å². The highest BCUT2D eigenvalue weighted by Gasteiger charge is 2.17. The lowest BCUT2D eigenvalue weighted by Crippen LogP contribution is -2.32. The predicted octanol–water partition coefficient (Wildman–Crippen LogP) is 2.58. The molecule has 0 aromatic heterocycles. The number of benzene rings is 1. The van der Waals surface area contributed by atoms with Gasteiger partial charge in [-0.2, -0.15) is 0 Å². The molecule has 1 heterocycles. The number of halogens is 2. The number of fused-ring (bicyclic) bond motifs is 1. The average molecular weight is 198 g/mol. The molecule has 1 aromatic carbocycles. The zero-order valence-electron chi connectivity index (χ0n) is 7.90. The molecule has 1 unspecified atom stereocenters. The van der Waals surface area contributed by atoms with Gasteiger partial charge in [-0.05, 0) is 6.42 Å². The zero-order chi connectivity index (χ0) is 10.1. The van der Waals surface area contributed by atoms with Gasteiger partial charge in [-0.15, -0.1) is 0 Å². The number of rotatable bonds is 1. The second-order valence-electron chi connectivity index (χ2n) is 3.44. The molecule has 0 spiro atoms. The normalized spacial score (nSPS) is 19.5. The summed E-state index contributed by atoms with van der Waals surface area (Å²) in [4.78, 5) is 0. The fourth-order valence-corrected chi connectivity index (χ4v) is 1.56. The van der Waals surface area contributed by atoms with Crippen LogP contribution in [-0.4, -0.2) is 12.6 Å². The maximum atomic E-state index is 12.9. The summed E-state index contributed by atoms with van der Waals surface area (Å²) < 4.78 is 25.7. The second-order valence-corrected chi connectivity index (χ2v) is 3.44. The summed E-state index contributed by atoms with van der Waals surface area (Å²) in [5.41, 5.74) is 1.27. The van der Waals surface area contributed by atoms with Crippen molar-refractivity contribution in [2.45, 2.75) is 19.4 Å². The van der Waals surface area contributed by atoms with Gasteiger partial charge in [0, 0.05) is 24.7 Å². The van der Waals surface area contributed by atoms with Crippen LogP contribution in [-0.2, 0) is 0 Å². The van der Waals surface area contributed by atoms with Crippen molar-refractivity contribution in [2.75, 3.05) is 17.2 Å². The van der Waals surface area contributed by atoms with Gasteiger partial charge in [0.25, 0.3) is 0 Å². The molecule has 2 rings (SSSR count). The van der Waals surface area contributed by atoms with Crippen LogP contribution < -0.4 is 10.6 Å². The molecule has 14 heavy (non-hydrogen) atoms. The van der Waals surface area contributed by atoms with Crippen LogP contribution in [0.1, 0.15) is 13.3 Å². The summed E-state index contributed by atoms with van der Waals surface area (Å²) in [6.45, 7) is 2.79. The topological polar surface area (TPSA) is 24.1 Å². The van der Waals surface area contributed by atoms with Gasteiger partial charge in [-0.1, -0.05) is 6.92 Å². The van der Waals surface area contributed by atoms with E-state index < -0.39 is 11.6 Å². The molecule has 0 saturated heterocycles. The fourth-order valence-electron chi connectivity index (χ4n) is 1.56. The first-order chi connectivity index (χ1) is 6.70. The number of nitrogens with one attached hydrogen (secondary N) is 2. The van der Waals surface area contributed by atoms with E-state index in [1.165, 1.54) is 12.1 Å². The van der Waals surface area contributed by atoms with Crippen molar-refractivity contribution in [3.63, 3.8) is 0 Å². The fraction of sp³-hybridized carbons (Fsp3) is 0.400. The van der Waals surface area contributed by atoms with Crippen molar-refractivity contribution in [1.29, 1.82) is 0 Å². The quantitative estimate of drug-likeness (QED) is 0.724. The highest BCUT2D eigenvalue weighted by molar-refractivity contribution is 5.71. The van der Waals surface area contributed by atoms with E-state index in [1.54, 1.807) is 0 Å². The van der Waals surface area contributed by atoms with Crippen LogP contribution in [0.15, 0.2) is 12.1 Å². The van der Waals surface area contributed by atoms with Crippen LogP contribution in [0, 0.1) is 11.6 Å². The minimum absolute atomic E-state index is 0.285. The smallest absolute Gasteiger partial charge is 0.161 e. The third-order valence-electron chi connectivity index (χ3n) is 2.45. The Morgan fingerprint density at radius 3 is 2.57 bits per heavy atom. The van der Waals surface area contributed by atoms with E-state index in [0.717, 1.165) is 13.0 Å². The number of anilines is 2. The van der Waals surface area contributed by atoms with Crippen LogP contribution in [0.25, 0.3) is 0 Å². The second kappa shape index (κ2) is 3.44. The van der Waals surface area contributed by atoms with Gasteiger partial charge in [0.1, 0.15) is 0 Å². The molecule has 0 radical (unpaired) electrons. The average Bonchev–Trinajstić information content (AvgIpc) is 2.19. The highest BCUT2D eigenvalue weighted by atomic mass is 19.2. The summed E-state index contributed by atoms with van der Waals surface area (Å²) in [7, 11) is 0. The van der Waals surface area contributed by atoms with Gasteiger partial charge in [-0.25, -0.2) is 8.78 Å². The predicted molar refractivity (Wildman–Crippen MR) is 52.5 cm³/mol. The number of hydrogen-bond acceptors (Lipinski definition) is 2. The number of hydrogen-bond donors (Lipinski definition) is 2. The molecule has 0 fully saturated rings. The molecule has 4 heteroatoms. The van der Waals surface area contributed by atoms with E-state index in [2.05, 4.69) is 10.6 Å². The van der Waals surface area contributed by atoms with Gasteiger partial charge in [0.2, 0.25) is 0 Å². The Hall–Kier alpha value is -1.32. The van der Waals surface area contributed by atoms with Crippen molar-refractivity contribution in [1.82, 2.24) is 0 Å². The summed E-state index contributed by atoms with van der Waals surface area (Å²) in [5.74, 6) is -1.62. The molecule has 1 aromatic rings. The van der Waals surface area contributed by atoms with Crippen molar-refractivity contribution >= 4 is 11.4 Å². The van der Waals surface area contributed by atoms with Crippen LogP contribution >= 0.6 is 0 Å². The van der Waals surface area contributed by atoms with E-state index in [9.17, 15) is 8.78 Å². The molecular formula is C10H12F2N2. The van der Waals surface area contributed by atoms with Crippen LogP contribution in [0.5, 0.6) is 0 Å². The van der Waals surface area contributed by atoms with E-state index >= 15 is 0 Å². The van der Waals surface area contributed by atoms with E-state index in [4.69, 9.17) is 0 Å². The summed E-state index contributed by atoms with van der Waals surface area (Å²) in [5, 5.41) is 6.21. The molecule has 1 aliphatic heterocycles. The molecule has 1 aliphatic rings. The Kier molecular flexibility index (Phi) is 2.27. The van der Waals surface area contributed by atoms with Crippen LogP contribution in [0.4, 0.5) is 20.2 Å². The molecule has 0 saturated carbocycles. The lowest BCUT2D eigenvalue weighted by Gasteiger charge is -2.27. The zero-order valence-corrected chi connectivity index (χ0v) is 7.90. The lowest BCUT2D eigenvalue weighted by atomic mass is 10.1.